The zero-order chi connectivity index (χ0) is 18.4. The van der Waals surface area contributed by atoms with Gasteiger partial charge in [-0.1, -0.05) is 6.07 Å². The Bertz CT molecular complexity index is 771. The number of nitrogens with zero attached hydrogens (tertiary/aromatic N) is 6. The van der Waals surface area contributed by atoms with E-state index in [9.17, 15) is 4.79 Å². The number of ether oxygens (including phenoxy) is 1. The minimum absolute atomic E-state index is 0. The van der Waals surface area contributed by atoms with E-state index in [4.69, 9.17) is 4.74 Å². The second kappa shape index (κ2) is 10.3. The third kappa shape index (κ3) is 5.21. The summed E-state index contributed by atoms with van der Waals surface area (Å²) in [6.07, 6.45) is 2.47. The molecule has 1 saturated heterocycles. The number of carbonyl (C=O) groups excluding carboxylic acids is 1. The minimum atomic E-state index is -0.242. The number of aliphatic imine (C=N–C) groups is 1. The first-order chi connectivity index (χ1) is 12.7. The van der Waals surface area contributed by atoms with E-state index in [1.54, 1.807) is 11.9 Å². The van der Waals surface area contributed by atoms with Gasteiger partial charge in [0.05, 0.1) is 6.61 Å². The Morgan fingerprint density at radius 1 is 1.22 bits per heavy atom. The number of nitrogens with one attached hydrogen (secondary N) is 1. The molecule has 3 rings (SSSR count). The van der Waals surface area contributed by atoms with Gasteiger partial charge in [-0.15, -0.1) is 34.2 Å². The smallest absolute Gasteiger partial charge is 0.409 e. The van der Waals surface area contributed by atoms with Gasteiger partial charge in [-0.25, -0.2) is 4.79 Å². The van der Waals surface area contributed by atoms with Crippen LogP contribution in [0.5, 0.6) is 0 Å². The molecule has 0 spiro atoms. The zero-order valence-corrected chi connectivity index (χ0v) is 18.0. The van der Waals surface area contributed by atoms with Crippen molar-refractivity contribution >= 4 is 41.7 Å². The first-order valence-electron chi connectivity index (χ1n) is 8.89. The summed E-state index contributed by atoms with van der Waals surface area (Å²) in [5.74, 6) is 1.75. The van der Waals surface area contributed by atoms with Gasteiger partial charge in [0, 0.05) is 52.4 Å². The van der Waals surface area contributed by atoms with Gasteiger partial charge in [-0.05, 0) is 19.1 Å². The molecular formula is C17H26IN7O2. The molecule has 1 N–H and O–H groups in total. The van der Waals surface area contributed by atoms with Crippen molar-refractivity contribution in [1.29, 1.82) is 0 Å². The molecule has 2 aromatic heterocycles. The number of pyridine rings is 1. The number of rotatable bonds is 4. The molecule has 0 saturated carbocycles. The predicted octanol–water partition coefficient (Wildman–Crippen LogP) is 1.24. The van der Waals surface area contributed by atoms with Crippen molar-refractivity contribution in [3.8, 4) is 0 Å². The van der Waals surface area contributed by atoms with E-state index in [2.05, 4.69) is 25.4 Å². The van der Waals surface area contributed by atoms with Crippen molar-refractivity contribution in [1.82, 2.24) is 29.7 Å². The fraction of sp³-hybridized carbons (Fsp3) is 0.529. The van der Waals surface area contributed by atoms with E-state index < -0.39 is 0 Å². The van der Waals surface area contributed by atoms with Crippen LogP contribution in [0.2, 0.25) is 0 Å². The average Bonchev–Trinajstić information content (AvgIpc) is 3.09. The number of carbonyl (C=O) groups is 1. The van der Waals surface area contributed by atoms with Gasteiger partial charge < -0.3 is 19.9 Å². The summed E-state index contributed by atoms with van der Waals surface area (Å²) in [6, 6.07) is 5.85. The molecule has 0 atom stereocenters. The number of guanidine groups is 1. The normalized spacial score (nSPS) is 14.8. The van der Waals surface area contributed by atoms with Crippen LogP contribution in [0.1, 0.15) is 12.7 Å². The molecule has 1 aliphatic rings. The van der Waals surface area contributed by atoms with Gasteiger partial charge in [-0.2, -0.15) is 0 Å². The Morgan fingerprint density at radius 3 is 2.67 bits per heavy atom. The molecule has 1 fully saturated rings. The second-order valence-corrected chi connectivity index (χ2v) is 5.94. The van der Waals surface area contributed by atoms with Crippen LogP contribution in [-0.2, 0) is 11.2 Å². The van der Waals surface area contributed by atoms with Crippen LogP contribution in [0.15, 0.2) is 29.4 Å². The molecule has 3 heterocycles. The highest BCUT2D eigenvalue weighted by molar-refractivity contribution is 14.0. The third-order valence-corrected chi connectivity index (χ3v) is 4.33. The number of amides is 1. The van der Waals surface area contributed by atoms with Gasteiger partial charge in [0.15, 0.2) is 11.6 Å². The molecule has 0 aliphatic carbocycles. The van der Waals surface area contributed by atoms with Gasteiger partial charge in [-0.3, -0.25) is 9.39 Å². The minimum Gasteiger partial charge on any atom is -0.450 e. The molecule has 0 radical (unpaired) electrons. The number of halogens is 1. The van der Waals surface area contributed by atoms with E-state index in [0.29, 0.717) is 26.2 Å². The van der Waals surface area contributed by atoms with Crippen molar-refractivity contribution in [3.63, 3.8) is 0 Å². The summed E-state index contributed by atoms with van der Waals surface area (Å²) < 4.78 is 7.04. The SMILES string of the molecule is CCOC(=O)N1CCN(C(=NC)NCCc2nnc3ccccn23)CC1.I. The van der Waals surface area contributed by atoms with Gasteiger partial charge in [0.25, 0.3) is 0 Å². The summed E-state index contributed by atoms with van der Waals surface area (Å²) in [4.78, 5) is 20.0. The van der Waals surface area contributed by atoms with E-state index in [0.717, 1.165) is 36.9 Å². The molecule has 27 heavy (non-hydrogen) atoms. The Kier molecular flexibility index (Phi) is 8.07. The van der Waals surface area contributed by atoms with Crippen LogP contribution in [0.3, 0.4) is 0 Å². The highest BCUT2D eigenvalue weighted by Crippen LogP contribution is 2.05. The number of aromatic nitrogens is 3. The highest BCUT2D eigenvalue weighted by Gasteiger charge is 2.23. The fourth-order valence-electron chi connectivity index (χ4n) is 3.00. The number of fused-ring (bicyclic) bond motifs is 1. The third-order valence-electron chi connectivity index (χ3n) is 4.33. The monoisotopic (exact) mass is 487 g/mol. The van der Waals surface area contributed by atoms with Crippen molar-refractivity contribution in [2.75, 3.05) is 46.4 Å². The van der Waals surface area contributed by atoms with E-state index in [1.807, 2.05) is 35.7 Å². The maximum absolute atomic E-state index is 11.8. The Hall–Kier alpha value is -2.11. The van der Waals surface area contributed by atoms with Crippen LogP contribution in [-0.4, -0.2) is 82.8 Å². The highest BCUT2D eigenvalue weighted by atomic mass is 127. The summed E-state index contributed by atoms with van der Waals surface area (Å²) in [6.45, 7) is 5.65. The topological polar surface area (TPSA) is 87.4 Å². The van der Waals surface area contributed by atoms with Crippen LogP contribution >= 0.6 is 24.0 Å². The fourth-order valence-corrected chi connectivity index (χ4v) is 3.00. The van der Waals surface area contributed by atoms with Gasteiger partial charge in [0.2, 0.25) is 0 Å². The molecule has 10 heteroatoms. The van der Waals surface area contributed by atoms with Crippen molar-refractivity contribution in [2.45, 2.75) is 13.3 Å². The molecule has 0 bridgehead atoms. The summed E-state index contributed by atoms with van der Waals surface area (Å²) >= 11 is 0. The summed E-state index contributed by atoms with van der Waals surface area (Å²) in [5, 5.41) is 11.8. The molecular weight excluding hydrogens is 461 g/mol. The van der Waals surface area contributed by atoms with E-state index in [1.165, 1.54) is 0 Å². The largest absolute Gasteiger partial charge is 0.450 e. The lowest BCUT2D eigenvalue weighted by Gasteiger charge is -2.35. The standard InChI is InChI=1S/C17H25N7O2.HI/c1-3-26-17(25)23-12-10-22(11-13-23)16(18-2)19-8-7-15-21-20-14-6-4-5-9-24(14)15;/h4-6,9H,3,7-8,10-13H2,1-2H3,(H,18,19);1H. The maximum atomic E-state index is 11.8. The lowest BCUT2D eigenvalue weighted by molar-refractivity contribution is 0.0914. The van der Waals surface area contributed by atoms with Crippen LogP contribution in [0, 0.1) is 0 Å². The molecule has 9 nitrogen and oxygen atoms in total. The van der Waals surface area contributed by atoms with Crippen molar-refractivity contribution in [2.24, 2.45) is 4.99 Å². The number of hydrogen-bond donors (Lipinski definition) is 1. The molecule has 0 aromatic carbocycles. The molecule has 2 aromatic rings. The van der Waals surface area contributed by atoms with E-state index in [-0.39, 0.29) is 30.1 Å². The quantitative estimate of drug-likeness (QED) is 0.397. The first-order valence-corrected chi connectivity index (χ1v) is 8.89. The maximum Gasteiger partial charge on any atom is 0.409 e. The number of hydrogen-bond acceptors (Lipinski definition) is 5. The lowest BCUT2D eigenvalue weighted by Crippen LogP contribution is -2.54. The van der Waals surface area contributed by atoms with E-state index >= 15 is 0 Å². The van der Waals surface area contributed by atoms with Crippen molar-refractivity contribution < 1.29 is 9.53 Å². The molecule has 1 aliphatic heterocycles. The number of piperazine rings is 1. The Morgan fingerprint density at radius 2 is 1.96 bits per heavy atom. The molecule has 0 unspecified atom stereocenters. The predicted molar refractivity (Wildman–Crippen MR) is 114 cm³/mol. The molecule has 148 valence electrons. The second-order valence-electron chi connectivity index (χ2n) is 5.94. The molecule has 1 amide bonds. The van der Waals surface area contributed by atoms with Gasteiger partial charge >= 0.3 is 6.09 Å². The zero-order valence-electron chi connectivity index (χ0n) is 15.7. The van der Waals surface area contributed by atoms with Gasteiger partial charge in [0.1, 0.15) is 5.82 Å². The van der Waals surface area contributed by atoms with Crippen molar-refractivity contribution in [3.05, 3.63) is 30.2 Å². The first kappa shape index (κ1) is 21.2. The Balaban J connectivity index is 0.00000261. The van der Waals surface area contributed by atoms with Crippen LogP contribution in [0.4, 0.5) is 4.79 Å². The summed E-state index contributed by atoms with van der Waals surface area (Å²) in [7, 11) is 1.77. The average molecular weight is 487 g/mol. The Labute approximate surface area is 175 Å². The van der Waals surface area contributed by atoms with Crippen LogP contribution < -0.4 is 5.32 Å². The van der Waals surface area contributed by atoms with Crippen LogP contribution in [0.25, 0.3) is 5.65 Å². The lowest BCUT2D eigenvalue weighted by atomic mass is 10.3. The summed E-state index contributed by atoms with van der Waals surface area (Å²) in [5.41, 5.74) is 0.849.